The Kier molecular flexibility index (Phi) is 9.04. The van der Waals surface area contributed by atoms with Gasteiger partial charge in [-0.3, -0.25) is 9.63 Å². The van der Waals surface area contributed by atoms with E-state index in [-0.39, 0.29) is 12.5 Å². The van der Waals surface area contributed by atoms with Crippen molar-refractivity contribution in [1.29, 1.82) is 0 Å². The lowest BCUT2D eigenvalue weighted by Gasteiger charge is -2.24. The molecule has 44 heavy (non-hydrogen) atoms. The second-order valence-electron chi connectivity index (χ2n) is 11.2. The zero-order chi connectivity index (χ0) is 30.5. The zero-order valence-electron chi connectivity index (χ0n) is 24.6. The van der Waals surface area contributed by atoms with Gasteiger partial charge < -0.3 is 25.3 Å². The van der Waals surface area contributed by atoms with Gasteiger partial charge in [0.15, 0.2) is 0 Å². The van der Waals surface area contributed by atoms with E-state index >= 15 is 0 Å². The lowest BCUT2D eigenvalue weighted by molar-refractivity contribution is -0.192. The standard InChI is InChI=1S/C36H37N3O5/c1-24(41)35-32(23-40)34(36(42)37-20-19-28-21-38-33-10-6-5-9-31(28)33)39(44-35)22-25-11-13-26(14-12-25)27-15-17-30(18-16-27)43-29-7-3-2-4-8-29/h2-18,21,24,32,34-35,38,40-41H,19-20,22-23H2,1H3,(H,37,42)/t24-,32-,34?,35-/m1/s1. The Balaban J connectivity index is 1.11. The molecule has 4 aromatic carbocycles. The molecule has 226 valence electrons. The van der Waals surface area contributed by atoms with E-state index in [0.717, 1.165) is 44.7 Å². The molecular weight excluding hydrogens is 554 g/mol. The van der Waals surface area contributed by atoms with E-state index < -0.39 is 24.2 Å². The van der Waals surface area contributed by atoms with Crippen LogP contribution in [0, 0.1) is 5.92 Å². The third-order valence-electron chi connectivity index (χ3n) is 8.18. The molecule has 1 aliphatic heterocycles. The maximum atomic E-state index is 13.5. The summed E-state index contributed by atoms with van der Waals surface area (Å²) in [6.45, 7) is 2.10. The summed E-state index contributed by atoms with van der Waals surface area (Å²) >= 11 is 0. The lowest BCUT2D eigenvalue weighted by Crippen LogP contribution is -2.48. The SMILES string of the molecule is C[C@@H](O)[C@H]1ON(Cc2ccc(-c3ccc(Oc4ccccc4)cc3)cc2)C(C(=O)NCCc2c[nH]c3ccccc23)[C@H]1CO. The number of carbonyl (C=O) groups excluding carboxylic acids is 1. The highest BCUT2D eigenvalue weighted by molar-refractivity contribution is 5.84. The van der Waals surface area contributed by atoms with Crippen molar-refractivity contribution in [3.05, 3.63) is 120 Å². The number of aliphatic hydroxyl groups is 2. The molecule has 0 aliphatic carbocycles. The fourth-order valence-electron chi connectivity index (χ4n) is 5.89. The monoisotopic (exact) mass is 591 g/mol. The number of nitrogens with zero attached hydrogens (tertiary/aromatic N) is 1. The molecule has 6 rings (SSSR count). The summed E-state index contributed by atoms with van der Waals surface area (Å²) in [5.41, 5.74) is 5.22. The Labute approximate surface area is 256 Å². The number of hydroxylamine groups is 2. The van der Waals surface area contributed by atoms with Crippen molar-refractivity contribution in [2.45, 2.75) is 38.1 Å². The van der Waals surface area contributed by atoms with Crippen LogP contribution < -0.4 is 10.1 Å². The number of aliphatic hydroxyl groups excluding tert-OH is 2. The van der Waals surface area contributed by atoms with Gasteiger partial charge in [-0.05, 0) is 65.9 Å². The Morgan fingerprint density at radius 1 is 0.932 bits per heavy atom. The number of H-pyrrole nitrogens is 1. The Hall–Kier alpha value is -4.47. The second-order valence-corrected chi connectivity index (χ2v) is 11.2. The maximum Gasteiger partial charge on any atom is 0.240 e. The van der Waals surface area contributed by atoms with E-state index in [1.54, 1.807) is 12.0 Å². The number of hydrogen-bond acceptors (Lipinski definition) is 6. The van der Waals surface area contributed by atoms with E-state index in [1.165, 1.54) is 0 Å². The van der Waals surface area contributed by atoms with Crippen LogP contribution in [0.1, 0.15) is 18.1 Å². The van der Waals surface area contributed by atoms with Crippen LogP contribution in [0.3, 0.4) is 0 Å². The minimum absolute atomic E-state index is 0.235. The number of benzene rings is 4. The number of para-hydroxylation sites is 2. The normalized spacial score (nSPS) is 19.2. The van der Waals surface area contributed by atoms with Gasteiger partial charge in [-0.1, -0.05) is 72.8 Å². The molecule has 0 saturated carbocycles. The first-order valence-electron chi connectivity index (χ1n) is 15.0. The first-order valence-corrected chi connectivity index (χ1v) is 15.0. The van der Waals surface area contributed by atoms with Crippen molar-refractivity contribution >= 4 is 16.8 Å². The van der Waals surface area contributed by atoms with Crippen LogP contribution in [0.5, 0.6) is 11.5 Å². The molecule has 8 heteroatoms. The van der Waals surface area contributed by atoms with Crippen molar-refractivity contribution in [2.75, 3.05) is 13.2 Å². The highest BCUT2D eigenvalue weighted by atomic mass is 16.7. The quantitative estimate of drug-likeness (QED) is 0.163. The summed E-state index contributed by atoms with van der Waals surface area (Å²) in [5.74, 6) is 0.747. The van der Waals surface area contributed by atoms with Crippen molar-refractivity contribution in [3.63, 3.8) is 0 Å². The van der Waals surface area contributed by atoms with Crippen molar-refractivity contribution < 1.29 is 24.6 Å². The summed E-state index contributed by atoms with van der Waals surface area (Å²) < 4.78 is 5.91. The Bertz CT molecular complexity index is 1670. The summed E-state index contributed by atoms with van der Waals surface area (Å²) in [4.78, 5) is 22.9. The fourth-order valence-corrected chi connectivity index (χ4v) is 5.89. The molecule has 4 atom stereocenters. The topological polar surface area (TPSA) is 107 Å². The number of fused-ring (bicyclic) bond motifs is 1. The van der Waals surface area contributed by atoms with Crippen molar-refractivity contribution in [3.8, 4) is 22.6 Å². The van der Waals surface area contributed by atoms with E-state index in [2.05, 4.69) is 16.4 Å². The van der Waals surface area contributed by atoms with Gasteiger partial charge in [-0.2, -0.15) is 5.06 Å². The molecule has 5 aromatic rings. The maximum absolute atomic E-state index is 13.5. The average molecular weight is 592 g/mol. The number of amides is 1. The highest BCUT2D eigenvalue weighted by Crippen LogP contribution is 2.32. The predicted molar refractivity (Wildman–Crippen MR) is 170 cm³/mol. The molecule has 1 saturated heterocycles. The molecule has 0 bridgehead atoms. The summed E-state index contributed by atoms with van der Waals surface area (Å²) in [5, 5.41) is 26.4. The molecular formula is C36H37N3O5. The summed E-state index contributed by atoms with van der Waals surface area (Å²) in [7, 11) is 0. The van der Waals surface area contributed by atoms with Gasteiger partial charge in [0.25, 0.3) is 0 Å². The largest absolute Gasteiger partial charge is 0.457 e. The number of ether oxygens (including phenoxy) is 1. The number of carbonyl (C=O) groups is 1. The van der Waals surface area contributed by atoms with Gasteiger partial charge in [0.1, 0.15) is 23.6 Å². The summed E-state index contributed by atoms with van der Waals surface area (Å²) in [6, 6.07) is 33.0. The number of rotatable bonds is 11. The second kappa shape index (κ2) is 13.4. The van der Waals surface area contributed by atoms with Crippen molar-refractivity contribution in [1.82, 2.24) is 15.4 Å². The summed E-state index contributed by atoms with van der Waals surface area (Å²) in [6.07, 6.45) is 1.08. The first kappa shape index (κ1) is 29.6. The van der Waals surface area contributed by atoms with E-state index in [1.807, 2.05) is 103 Å². The van der Waals surface area contributed by atoms with Crippen LogP contribution in [-0.4, -0.2) is 57.6 Å². The van der Waals surface area contributed by atoms with Gasteiger partial charge in [0.05, 0.1) is 19.3 Å². The molecule has 1 aliphatic rings. The van der Waals surface area contributed by atoms with Crippen LogP contribution in [0.15, 0.2) is 109 Å². The fraction of sp³-hybridized carbons (Fsp3) is 0.250. The first-order chi connectivity index (χ1) is 21.5. The molecule has 1 unspecified atom stereocenters. The lowest BCUT2D eigenvalue weighted by atomic mass is 9.92. The minimum atomic E-state index is -0.852. The minimum Gasteiger partial charge on any atom is -0.457 e. The third kappa shape index (κ3) is 6.54. The van der Waals surface area contributed by atoms with Gasteiger partial charge in [-0.25, -0.2) is 0 Å². The number of nitrogens with one attached hydrogen (secondary N) is 2. The molecule has 1 fully saturated rings. The van der Waals surface area contributed by atoms with E-state index in [0.29, 0.717) is 19.5 Å². The molecule has 8 nitrogen and oxygen atoms in total. The number of aromatic nitrogens is 1. The molecule has 0 spiro atoms. The van der Waals surface area contributed by atoms with Crippen molar-refractivity contribution in [2.24, 2.45) is 5.92 Å². The van der Waals surface area contributed by atoms with Gasteiger partial charge in [0.2, 0.25) is 5.91 Å². The highest BCUT2D eigenvalue weighted by Gasteiger charge is 2.48. The van der Waals surface area contributed by atoms with Crippen LogP contribution in [-0.2, 0) is 22.6 Å². The molecule has 1 aromatic heterocycles. The van der Waals surface area contributed by atoms with E-state index in [4.69, 9.17) is 9.57 Å². The van der Waals surface area contributed by atoms with Gasteiger partial charge >= 0.3 is 0 Å². The molecule has 4 N–H and O–H groups in total. The van der Waals surface area contributed by atoms with Crippen LogP contribution in [0.25, 0.3) is 22.0 Å². The number of hydrogen-bond donors (Lipinski definition) is 4. The van der Waals surface area contributed by atoms with E-state index in [9.17, 15) is 15.0 Å². The Morgan fingerprint density at radius 2 is 1.59 bits per heavy atom. The Morgan fingerprint density at radius 3 is 2.30 bits per heavy atom. The average Bonchev–Trinajstić information content (AvgIpc) is 3.64. The molecule has 0 radical (unpaired) electrons. The predicted octanol–water partition coefficient (Wildman–Crippen LogP) is 5.46. The molecule has 1 amide bonds. The third-order valence-corrected chi connectivity index (χ3v) is 8.18. The smallest absolute Gasteiger partial charge is 0.240 e. The van der Waals surface area contributed by atoms with Crippen LogP contribution >= 0.6 is 0 Å². The zero-order valence-corrected chi connectivity index (χ0v) is 24.6. The molecule has 2 heterocycles. The van der Waals surface area contributed by atoms with Gasteiger partial charge in [0, 0.05) is 29.6 Å². The van der Waals surface area contributed by atoms with Gasteiger partial charge in [-0.15, -0.1) is 0 Å². The number of aromatic amines is 1. The van der Waals surface area contributed by atoms with Crippen LogP contribution in [0.4, 0.5) is 0 Å². The van der Waals surface area contributed by atoms with Crippen LogP contribution in [0.2, 0.25) is 0 Å².